The fraction of sp³-hybridized carbons (Fsp3) is 0.136. The van der Waals surface area contributed by atoms with Crippen LogP contribution < -0.4 is 0 Å². The summed E-state index contributed by atoms with van der Waals surface area (Å²) in [6.07, 6.45) is -11.1. The largest absolute Gasteiger partial charge is 0.449 e. The summed E-state index contributed by atoms with van der Waals surface area (Å²) in [4.78, 5) is 12.6. The standard InChI is InChI=1S/C22H14F6O2/c23-21(24,25)17-11-16(12-18(13-17)22(26,27)28)20(29)30-19(14-7-3-1-4-8-14)15-9-5-2-6-10-15/h1-13,19H. The van der Waals surface area contributed by atoms with Crippen molar-refractivity contribution in [1.29, 1.82) is 0 Å². The average Bonchev–Trinajstić information content (AvgIpc) is 2.71. The molecular formula is C22H14F6O2. The van der Waals surface area contributed by atoms with E-state index in [-0.39, 0.29) is 6.07 Å². The highest BCUT2D eigenvalue weighted by Crippen LogP contribution is 2.37. The number of benzene rings is 3. The lowest BCUT2D eigenvalue weighted by molar-refractivity contribution is -0.143. The number of rotatable bonds is 4. The molecular weight excluding hydrogens is 410 g/mol. The number of alkyl halides is 6. The third-order valence-electron chi connectivity index (χ3n) is 4.25. The van der Waals surface area contributed by atoms with Gasteiger partial charge in [-0.2, -0.15) is 26.3 Å². The van der Waals surface area contributed by atoms with Crippen molar-refractivity contribution in [2.24, 2.45) is 0 Å². The topological polar surface area (TPSA) is 26.3 Å². The number of halogens is 6. The molecule has 3 rings (SSSR count). The van der Waals surface area contributed by atoms with E-state index in [0.717, 1.165) is 0 Å². The van der Waals surface area contributed by atoms with Crippen molar-refractivity contribution in [2.75, 3.05) is 0 Å². The highest BCUT2D eigenvalue weighted by Gasteiger charge is 2.38. The number of carbonyl (C=O) groups excluding carboxylic acids is 1. The second-order valence-corrected chi connectivity index (χ2v) is 6.40. The molecule has 0 heterocycles. The van der Waals surface area contributed by atoms with Gasteiger partial charge in [-0.05, 0) is 29.3 Å². The smallest absolute Gasteiger partial charge is 0.416 e. The van der Waals surface area contributed by atoms with Crippen LogP contribution in [0, 0.1) is 0 Å². The van der Waals surface area contributed by atoms with Crippen molar-refractivity contribution in [3.8, 4) is 0 Å². The van der Waals surface area contributed by atoms with Gasteiger partial charge in [-0.1, -0.05) is 60.7 Å². The van der Waals surface area contributed by atoms with Crippen molar-refractivity contribution in [3.05, 3.63) is 107 Å². The number of esters is 1. The maximum absolute atomic E-state index is 13.1. The molecule has 2 nitrogen and oxygen atoms in total. The van der Waals surface area contributed by atoms with Crippen molar-refractivity contribution in [2.45, 2.75) is 18.5 Å². The molecule has 30 heavy (non-hydrogen) atoms. The first-order chi connectivity index (χ1) is 14.1. The Labute approximate surface area is 167 Å². The molecule has 0 atom stereocenters. The number of hydrogen-bond donors (Lipinski definition) is 0. The minimum atomic E-state index is -5.06. The fourth-order valence-corrected chi connectivity index (χ4v) is 2.83. The summed E-state index contributed by atoms with van der Waals surface area (Å²) in [7, 11) is 0. The van der Waals surface area contributed by atoms with Crippen LogP contribution in [0.2, 0.25) is 0 Å². The van der Waals surface area contributed by atoms with Gasteiger partial charge >= 0.3 is 18.3 Å². The molecule has 0 amide bonds. The van der Waals surface area contributed by atoms with Gasteiger partial charge < -0.3 is 4.74 Å². The Bertz CT molecular complexity index is 940. The molecule has 3 aromatic carbocycles. The lowest BCUT2D eigenvalue weighted by Gasteiger charge is -2.20. The number of carbonyl (C=O) groups is 1. The van der Waals surface area contributed by atoms with Gasteiger partial charge in [0, 0.05) is 0 Å². The highest BCUT2D eigenvalue weighted by molar-refractivity contribution is 5.90. The van der Waals surface area contributed by atoms with Gasteiger partial charge in [0.1, 0.15) is 0 Å². The quantitative estimate of drug-likeness (QED) is 0.345. The van der Waals surface area contributed by atoms with E-state index in [1.807, 2.05) is 0 Å². The van der Waals surface area contributed by atoms with E-state index in [4.69, 9.17) is 4.74 Å². The van der Waals surface area contributed by atoms with Crippen LogP contribution in [0.15, 0.2) is 78.9 Å². The van der Waals surface area contributed by atoms with Gasteiger partial charge in [0.25, 0.3) is 0 Å². The maximum Gasteiger partial charge on any atom is 0.416 e. The summed E-state index contributed by atoms with van der Waals surface area (Å²) in [6.45, 7) is 0. The highest BCUT2D eigenvalue weighted by atomic mass is 19.4. The Morgan fingerprint density at radius 3 is 1.43 bits per heavy atom. The number of ether oxygens (including phenoxy) is 1. The van der Waals surface area contributed by atoms with Crippen molar-refractivity contribution in [3.63, 3.8) is 0 Å². The predicted molar refractivity (Wildman–Crippen MR) is 96.6 cm³/mol. The van der Waals surface area contributed by atoms with E-state index in [9.17, 15) is 31.1 Å². The summed E-state index contributed by atoms with van der Waals surface area (Å²) < 4.78 is 83.8. The summed E-state index contributed by atoms with van der Waals surface area (Å²) in [5, 5.41) is 0. The van der Waals surface area contributed by atoms with Crippen LogP contribution in [-0.2, 0) is 17.1 Å². The molecule has 0 aliphatic carbocycles. The molecule has 0 radical (unpaired) electrons. The molecule has 0 unspecified atom stereocenters. The Morgan fingerprint density at radius 1 is 0.667 bits per heavy atom. The molecule has 0 aliphatic rings. The molecule has 0 spiro atoms. The normalized spacial score (nSPS) is 12.1. The van der Waals surface area contributed by atoms with Gasteiger partial charge in [0.05, 0.1) is 16.7 Å². The summed E-state index contributed by atoms with van der Waals surface area (Å²) in [5.74, 6) is -1.30. The molecule has 0 saturated carbocycles. The zero-order valence-corrected chi connectivity index (χ0v) is 15.2. The monoisotopic (exact) mass is 424 g/mol. The molecule has 0 saturated heterocycles. The maximum atomic E-state index is 13.1. The van der Waals surface area contributed by atoms with E-state index >= 15 is 0 Å². The minimum Gasteiger partial charge on any atom is -0.449 e. The second-order valence-electron chi connectivity index (χ2n) is 6.40. The first-order valence-electron chi connectivity index (χ1n) is 8.66. The molecule has 3 aromatic rings. The van der Waals surface area contributed by atoms with Crippen LogP contribution in [0.25, 0.3) is 0 Å². The third kappa shape index (κ3) is 5.00. The molecule has 0 N–H and O–H groups in total. The van der Waals surface area contributed by atoms with Gasteiger partial charge in [0.15, 0.2) is 6.10 Å². The first-order valence-corrected chi connectivity index (χ1v) is 8.66. The molecule has 0 bridgehead atoms. The van der Waals surface area contributed by atoms with Gasteiger partial charge in [-0.25, -0.2) is 4.79 Å². The van der Waals surface area contributed by atoms with Crippen LogP contribution >= 0.6 is 0 Å². The average molecular weight is 424 g/mol. The van der Waals surface area contributed by atoms with E-state index in [1.54, 1.807) is 60.7 Å². The molecule has 0 aliphatic heterocycles. The Kier molecular flexibility index (Phi) is 5.87. The predicted octanol–water partition coefficient (Wildman–Crippen LogP) is 6.67. The van der Waals surface area contributed by atoms with Crippen LogP contribution in [0.3, 0.4) is 0 Å². The second kappa shape index (κ2) is 8.22. The molecule has 0 aromatic heterocycles. The van der Waals surface area contributed by atoms with E-state index in [1.165, 1.54) is 0 Å². The number of hydrogen-bond acceptors (Lipinski definition) is 2. The lowest BCUT2D eigenvalue weighted by Crippen LogP contribution is -2.17. The fourth-order valence-electron chi connectivity index (χ4n) is 2.83. The molecule has 8 heteroatoms. The Morgan fingerprint density at radius 2 is 1.07 bits per heavy atom. The molecule has 156 valence electrons. The van der Waals surface area contributed by atoms with Crippen LogP contribution in [0.5, 0.6) is 0 Å². The van der Waals surface area contributed by atoms with Crippen molar-refractivity contribution >= 4 is 5.97 Å². The van der Waals surface area contributed by atoms with Gasteiger partial charge in [-0.15, -0.1) is 0 Å². The Balaban J connectivity index is 2.02. The summed E-state index contributed by atoms with van der Waals surface area (Å²) >= 11 is 0. The first kappa shape index (κ1) is 21.4. The van der Waals surface area contributed by atoms with Gasteiger partial charge in [0.2, 0.25) is 0 Å². The van der Waals surface area contributed by atoms with E-state index in [2.05, 4.69) is 0 Å². The van der Waals surface area contributed by atoms with Gasteiger partial charge in [-0.3, -0.25) is 0 Å². The van der Waals surface area contributed by atoms with Crippen LogP contribution in [0.4, 0.5) is 26.3 Å². The van der Waals surface area contributed by atoms with E-state index < -0.39 is 41.1 Å². The lowest BCUT2D eigenvalue weighted by atomic mass is 10.0. The molecule has 0 fully saturated rings. The minimum absolute atomic E-state index is 0.0390. The van der Waals surface area contributed by atoms with Crippen molar-refractivity contribution in [1.82, 2.24) is 0 Å². The third-order valence-corrected chi connectivity index (χ3v) is 4.25. The zero-order chi connectivity index (χ0) is 21.9. The van der Waals surface area contributed by atoms with Crippen molar-refractivity contribution < 1.29 is 35.9 Å². The van der Waals surface area contributed by atoms with Crippen LogP contribution in [-0.4, -0.2) is 5.97 Å². The zero-order valence-electron chi connectivity index (χ0n) is 15.2. The SMILES string of the molecule is O=C(OC(c1ccccc1)c1ccccc1)c1cc(C(F)(F)F)cc(C(F)(F)F)c1. The van der Waals surface area contributed by atoms with Crippen LogP contribution in [0.1, 0.15) is 38.7 Å². The van der Waals surface area contributed by atoms with E-state index in [0.29, 0.717) is 23.3 Å². The summed E-state index contributed by atoms with van der Waals surface area (Å²) in [6, 6.07) is 17.3. The summed E-state index contributed by atoms with van der Waals surface area (Å²) in [5.41, 5.74) is -2.98. The Hall–Kier alpha value is -3.29.